The molecule has 4 nitrogen and oxygen atoms in total. The molecule has 0 aliphatic carbocycles. The Morgan fingerprint density at radius 3 is 2.75 bits per heavy atom. The molecular weight excluding hydrogens is 316 g/mol. The molecule has 2 N–H and O–H groups in total. The number of guanidine groups is 1. The monoisotopic (exact) mass is 350 g/mol. The number of likely N-dealkylation sites (tertiary alicyclic amines) is 1. The number of aliphatic imine (C=N–C) groups is 1. The second kappa shape index (κ2) is 10.7. The topological polar surface area (TPSA) is 39.7 Å². The first-order valence-corrected chi connectivity index (χ1v) is 10.4. The molecule has 0 bridgehead atoms. The number of rotatable bonds is 8. The molecule has 136 valence electrons. The fourth-order valence-corrected chi connectivity index (χ4v) is 4.00. The van der Waals surface area contributed by atoms with Crippen molar-refractivity contribution in [1.29, 1.82) is 0 Å². The summed E-state index contributed by atoms with van der Waals surface area (Å²) < 4.78 is 0. The van der Waals surface area contributed by atoms with Gasteiger partial charge in [0.1, 0.15) is 0 Å². The highest BCUT2D eigenvalue weighted by Gasteiger charge is 2.17. The Labute approximate surface area is 151 Å². The van der Waals surface area contributed by atoms with Crippen molar-refractivity contribution in [3.63, 3.8) is 0 Å². The van der Waals surface area contributed by atoms with Crippen LogP contribution in [0.3, 0.4) is 0 Å². The number of thiophene rings is 1. The van der Waals surface area contributed by atoms with Crippen molar-refractivity contribution < 1.29 is 0 Å². The average Bonchev–Trinajstić information content (AvgIpc) is 3.14. The van der Waals surface area contributed by atoms with Crippen LogP contribution < -0.4 is 10.6 Å². The first-order valence-electron chi connectivity index (χ1n) is 9.50. The largest absolute Gasteiger partial charge is 0.357 e. The van der Waals surface area contributed by atoms with Gasteiger partial charge in [-0.05, 0) is 63.2 Å². The summed E-state index contributed by atoms with van der Waals surface area (Å²) >= 11 is 1.82. The molecule has 24 heavy (non-hydrogen) atoms. The van der Waals surface area contributed by atoms with E-state index in [-0.39, 0.29) is 0 Å². The second-order valence-corrected chi connectivity index (χ2v) is 7.71. The Morgan fingerprint density at radius 1 is 1.33 bits per heavy atom. The zero-order valence-corrected chi connectivity index (χ0v) is 16.4. The maximum Gasteiger partial charge on any atom is 0.191 e. The van der Waals surface area contributed by atoms with Crippen molar-refractivity contribution in [3.05, 3.63) is 22.4 Å². The summed E-state index contributed by atoms with van der Waals surface area (Å²) in [5.74, 6) is 2.32. The van der Waals surface area contributed by atoms with E-state index < -0.39 is 0 Å². The summed E-state index contributed by atoms with van der Waals surface area (Å²) in [6.45, 7) is 13.2. The molecule has 2 rings (SSSR count). The highest BCUT2D eigenvalue weighted by Crippen LogP contribution is 2.21. The van der Waals surface area contributed by atoms with Crippen LogP contribution in [0.2, 0.25) is 0 Å². The first kappa shape index (κ1) is 19.3. The van der Waals surface area contributed by atoms with Crippen LogP contribution in [0, 0.1) is 5.92 Å². The summed E-state index contributed by atoms with van der Waals surface area (Å²) in [5.41, 5.74) is 0. The molecular formula is C19H34N4S. The third-order valence-corrected chi connectivity index (χ3v) is 6.00. The van der Waals surface area contributed by atoms with Gasteiger partial charge in [0.25, 0.3) is 0 Å². The van der Waals surface area contributed by atoms with Crippen molar-refractivity contribution in [2.45, 2.75) is 46.0 Å². The van der Waals surface area contributed by atoms with E-state index in [1.807, 2.05) is 11.3 Å². The molecule has 5 heteroatoms. The Balaban J connectivity index is 1.71. The molecule has 2 heterocycles. The fraction of sp³-hybridized carbons (Fsp3) is 0.737. The molecule has 1 aliphatic heterocycles. The molecule has 0 saturated carbocycles. The number of nitrogens with zero attached hydrogens (tertiary/aromatic N) is 2. The maximum absolute atomic E-state index is 4.77. The molecule has 0 amide bonds. The normalized spacial score (nSPS) is 18.5. The molecule has 1 aromatic rings. The molecule has 1 saturated heterocycles. The highest BCUT2D eigenvalue weighted by molar-refractivity contribution is 7.10. The Bertz CT molecular complexity index is 464. The molecule has 0 spiro atoms. The molecule has 1 aliphatic rings. The van der Waals surface area contributed by atoms with Gasteiger partial charge in [0.05, 0.1) is 6.54 Å². The van der Waals surface area contributed by atoms with Crippen LogP contribution in [0.1, 0.15) is 50.8 Å². The minimum absolute atomic E-state index is 0.485. The second-order valence-electron chi connectivity index (χ2n) is 6.73. The molecule has 0 aromatic carbocycles. The van der Waals surface area contributed by atoms with E-state index in [1.165, 1.54) is 43.8 Å². The maximum atomic E-state index is 4.77. The van der Waals surface area contributed by atoms with Crippen molar-refractivity contribution in [2.24, 2.45) is 10.9 Å². The minimum atomic E-state index is 0.485. The van der Waals surface area contributed by atoms with Crippen LogP contribution in [0.4, 0.5) is 0 Å². The number of piperidine rings is 1. The number of nitrogens with one attached hydrogen (secondary N) is 2. The Morgan fingerprint density at radius 2 is 2.12 bits per heavy atom. The smallest absolute Gasteiger partial charge is 0.191 e. The van der Waals surface area contributed by atoms with Crippen LogP contribution in [-0.4, -0.2) is 50.1 Å². The van der Waals surface area contributed by atoms with Crippen LogP contribution in [-0.2, 0) is 0 Å². The third kappa shape index (κ3) is 6.44. The Hall–Kier alpha value is -1.07. The number of hydrogen-bond donors (Lipinski definition) is 2. The molecule has 1 fully saturated rings. The zero-order valence-electron chi connectivity index (χ0n) is 15.6. The quantitative estimate of drug-likeness (QED) is 0.556. The predicted octanol–water partition coefficient (Wildman–Crippen LogP) is 3.53. The summed E-state index contributed by atoms with van der Waals surface area (Å²) in [6, 6.07) is 4.32. The Kier molecular flexibility index (Phi) is 8.60. The van der Waals surface area contributed by atoms with Gasteiger partial charge in [0.2, 0.25) is 0 Å². The van der Waals surface area contributed by atoms with E-state index in [9.17, 15) is 0 Å². The van der Waals surface area contributed by atoms with E-state index in [0.29, 0.717) is 5.92 Å². The lowest BCUT2D eigenvalue weighted by Gasteiger charge is -2.31. The average molecular weight is 351 g/mol. The third-order valence-electron chi connectivity index (χ3n) is 4.90. The lowest BCUT2D eigenvalue weighted by atomic mass is 9.93. The van der Waals surface area contributed by atoms with Crippen LogP contribution in [0.5, 0.6) is 0 Å². The van der Waals surface area contributed by atoms with Crippen molar-refractivity contribution >= 4 is 17.3 Å². The zero-order chi connectivity index (χ0) is 17.2. The van der Waals surface area contributed by atoms with E-state index in [4.69, 9.17) is 4.99 Å². The van der Waals surface area contributed by atoms with Gasteiger partial charge >= 0.3 is 0 Å². The van der Waals surface area contributed by atoms with Gasteiger partial charge in [-0.15, -0.1) is 11.3 Å². The van der Waals surface area contributed by atoms with Crippen molar-refractivity contribution in [2.75, 3.05) is 39.3 Å². The fourth-order valence-electron chi connectivity index (χ4n) is 3.22. The number of hydrogen-bond acceptors (Lipinski definition) is 3. The van der Waals surface area contributed by atoms with Crippen LogP contribution >= 0.6 is 11.3 Å². The van der Waals surface area contributed by atoms with E-state index in [2.05, 4.69) is 53.8 Å². The van der Waals surface area contributed by atoms with Gasteiger partial charge in [0.15, 0.2) is 5.96 Å². The summed E-state index contributed by atoms with van der Waals surface area (Å²) in [7, 11) is 0. The standard InChI is InChI=1S/C19H34N4S/c1-4-20-19(22-15-16(3)18-7-6-14-24-18)21-11-8-17-9-12-23(5-2)13-10-17/h6-7,14,16-17H,4-5,8-13,15H2,1-3H3,(H2,20,21,22). The van der Waals surface area contributed by atoms with Crippen LogP contribution in [0.15, 0.2) is 22.5 Å². The van der Waals surface area contributed by atoms with Gasteiger partial charge in [-0.3, -0.25) is 4.99 Å². The van der Waals surface area contributed by atoms with Gasteiger partial charge < -0.3 is 15.5 Å². The highest BCUT2D eigenvalue weighted by atomic mass is 32.1. The van der Waals surface area contributed by atoms with Crippen molar-refractivity contribution in [1.82, 2.24) is 15.5 Å². The molecule has 1 atom stereocenters. The van der Waals surface area contributed by atoms with Gasteiger partial charge in [-0.25, -0.2) is 0 Å². The summed E-state index contributed by atoms with van der Waals surface area (Å²) in [5, 5.41) is 9.04. The van der Waals surface area contributed by atoms with Gasteiger partial charge in [0, 0.05) is 23.9 Å². The van der Waals surface area contributed by atoms with E-state index in [0.717, 1.165) is 31.5 Å². The summed E-state index contributed by atoms with van der Waals surface area (Å²) in [4.78, 5) is 8.74. The van der Waals surface area contributed by atoms with Crippen molar-refractivity contribution in [3.8, 4) is 0 Å². The predicted molar refractivity (Wildman–Crippen MR) is 106 cm³/mol. The van der Waals surface area contributed by atoms with Crippen LogP contribution in [0.25, 0.3) is 0 Å². The van der Waals surface area contributed by atoms with E-state index >= 15 is 0 Å². The minimum Gasteiger partial charge on any atom is -0.357 e. The van der Waals surface area contributed by atoms with Gasteiger partial charge in [-0.2, -0.15) is 0 Å². The molecule has 0 radical (unpaired) electrons. The lowest BCUT2D eigenvalue weighted by molar-refractivity contribution is 0.187. The summed E-state index contributed by atoms with van der Waals surface area (Å²) in [6.07, 6.45) is 3.94. The molecule has 1 aromatic heterocycles. The SMILES string of the molecule is CCNC(=NCC(C)c1cccs1)NCCC1CCN(CC)CC1. The molecule has 1 unspecified atom stereocenters. The first-order chi connectivity index (χ1) is 11.7. The van der Waals surface area contributed by atoms with E-state index in [1.54, 1.807) is 0 Å². The van der Waals surface area contributed by atoms with Gasteiger partial charge in [-0.1, -0.05) is 19.9 Å². The lowest BCUT2D eigenvalue weighted by Crippen LogP contribution is -2.39.